The Labute approximate surface area is 316 Å². The third-order valence-electron chi connectivity index (χ3n) is 12.1. The molecular weight excluding hydrogens is 675 g/mol. The van der Waals surface area contributed by atoms with Crippen molar-refractivity contribution in [2.24, 2.45) is 0 Å². The monoisotopic (exact) mass is 707 g/mol. The van der Waals surface area contributed by atoms with Gasteiger partial charge < -0.3 is 9.30 Å². The van der Waals surface area contributed by atoms with E-state index in [1.165, 1.54) is 86.9 Å². The van der Waals surface area contributed by atoms with Crippen molar-refractivity contribution >= 4 is 87.5 Å². The van der Waals surface area contributed by atoms with Crippen molar-refractivity contribution in [1.29, 1.82) is 0 Å². The van der Waals surface area contributed by atoms with Crippen LogP contribution < -0.4 is 4.90 Å². The molecule has 1 aliphatic rings. The second-order valence-electron chi connectivity index (χ2n) is 15.2. The molecule has 54 heavy (non-hydrogen) atoms. The minimum Gasteiger partial charge on any atom is -0.310 e. The van der Waals surface area contributed by atoms with Crippen LogP contribution in [0.4, 0.5) is 17.1 Å². The summed E-state index contributed by atoms with van der Waals surface area (Å²) in [5.74, 6) is 0. The van der Waals surface area contributed by atoms with Crippen LogP contribution in [0.25, 0.3) is 81.3 Å². The molecule has 0 unspecified atom stereocenters. The number of hydrogen-bond acceptors (Lipinski definition) is 3. The lowest BCUT2D eigenvalue weighted by Crippen LogP contribution is -2.16. The summed E-state index contributed by atoms with van der Waals surface area (Å²) in [5, 5.41) is 7.59. The first-order valence-corrected chi connectivity index (χ1v) is 19.5. The third kappa shape index (κ3) is 3.98. The maximum Gasteiger partial charge on any atom is 0.0826 e. The highest BCUT2D eigenvalue weighted by molar-refractivity contribution is 7.18. The molecule has 0 radical (unpaired) electrons. The van der Waals surface area contributed by atoms with Gasteiger partial charge in [-0.05, 0) is 98.8 Å². The summed E-state index contributed by atoms with van der Waals surface area (Å²) in [4.78, 5) is 7.27. The first kappa shape index (κ1) is 30.0. The van der Waals surface area contributed by atoms with Crippen LogP contribution in [0, 0.1) is 0 Å². The number of aromatic nitrogens is 2. The molecule has 3 heterocycles. The highest BCUT2D eigenvalue weighted by Crippen LogP contribution is 2.51. The van der Waals surface area contributed by atoms with Crippen LogP contribution in [-0.4, -0.2) is 9.38 Å². The molecule has 0 spiro atoms. The van der Waals surface area contributed by atoms with Crippen LogP contribution in [0.2, 0.25) is 0 Å². The molecule has 254 valence electrons. The fourth-order valence-electron chi connectivity index (χ4n) is 9.55. The molecule has 1 aliphatic carbocycles. The van der Waals surface area contributed by atoms with Crippen LogP contribution in [0.1, 0.15) is 25.0 Å². The quantitative estimate of drug-likeness (QED) is 0.182. The molecule has 0 amide bonds. The zero-order valence-electron chi connectivity index (χ0n) is 29.8. The van der Waals surface area contributed by atoms with E-state index in [4.69, 9.17) is 4.98 Å². The maximum atomic E-state index is 4.83. The predicted molar refractivity (Wildman–Crippen MR) is 229 cm³/mol. The molecule has 0 saturated heterocycles. The Hall–Kier alpha value is -6.49. The SMILES string of the molecule is CC1(C)c2ccccc2-c2ccc(N(c3ccc(-c4cccc5ccccc45)cc3)c3ccc4c(c3)c3cc5ncsc5c5c6ccccc6n4c35)cc21. The van der Waals surface area contributed by atoms with Gasteiger partial charge in [0.15, 0.2) is 0 Å². The Balaban J connectivity index is 1.09. The maximum absolute atomic E-state index is 4.83. The molecule has 12 rings (SSSR count). The molecule has 3 aromatic heterocycles. The largest absolute Gasteiger partial charge is 0.310 e. The average molecular weight is 708 g/mol. The number of fused-ring (bicyclic) bond motifs is 12. The minimum atomic E-state index is -0.108. The van der Waals surface area contributed by atoms with Gasteiger partial charge in [-0.3, -0.25) is 0 Å². The van der Waals surface area contributed by atoms with Gasteiger partial charge in [0.25, 0.3) is 0 Å². The number of para-hydroxylation sites is 1. The Kier molecular flexibility index (Phi) is 6.00. The van der Waals surface area contributed by atoms with Crippen LogP contribution in [0.5, 0.6) is 0 Å². The first-order valence-electron chi connectivity index (χ1n) is 18.6. The van der Waals surface area contributed by atoms with E-state index in [1.807, 2.05) is 5.51 Å². The van der Waals surface area contributed by atoms with Crippen molar-refractivity contribution in [3.8, 4) is 22.3 Å². The summed E-state index contributed by atoms with van der Waals surface area (Å²) in [7, 11) is 0. The summed E-state index contributed by atoms with van der Waals surface area (Å²) in [6, 6.07) is 58.5. The smallest absolute Gasteiger partial charge is 0.0826 e. The van der Waals surface area contributed by atoms with E-state index >= 15 is 0 Å². The lowest BCUT2D eigenvalue weighted by atomic mass is 9.82. The molecule has 0 N–H and O–H groups in total. The summed E-state index contributed by atoms with van der Waals surface area (Å²) in [6.07, 6.45) is 0. The fourth-order valence-corrected chi connectivity index (χ4v) is 10.4. The van der Waals surface area contributed by atoms with Gasteiger partial charge in [0.05, 0.1) is 32.3 Å². The summed E-state index contributed by atoms with van der Waals surface area (Å²) in [6.45, 7) is 4.72. The molecule has 3 nitrogen and oxygen atoms in total. The lowest BCUT2D eigenvalue weighted by molar-refractivity contribution is 0.660. The number of anilines is 3. The zero-order chi connectivity index (χ0) is 35.7. The van der Waals surface area contributed by atoms with Gasteiger partial charge in [-0.25, -0.2) is 4.98 Å². The lowest BCUT2D eigenvalue weighted by Gasteiger charge is -2.28. The highest BCUT2D eigenvalue weighted by atomic mass is 32.1. The summed E-state index contributed by atoms with van der Waals surface area (Å²) < 4.78 is 3.72. The Morgan fingerprint density at radius 1 is 0.537 bits per heavy atom. The molecule has 0 bridgehead atoms. The van der Waals surface area contributed by atoms with Crippen molar-refractivity contribution in [2.45, 2.75) is 19.3 Å². The molecule has 0 aliphatic heterocycles. The van der Waals surface area contributed by atoms with Gasteiger partial charge in [0, 0.05) is 44.0 Å². The predicted octanol–water partition coefficient (Wildman–Crippen LogP) is 14.0. The highest BCUT2D eigenvalue weighted by Gasteiger charge is 2.36. The van der Waals surface area contributed by atoms with Crippen LogP contribution in [0.3, 0.4) is 0 Å². The molecule has 0 saturated carbocycles. The van der Waals surface area contributed by atoms with Crippen molar-refractivity contribution in [3.63, 3.8) is 0 Å². The van der Waals surface area contributed by atoms with E-state index in [-0.39, 0.29) is 5.41 Å². The number of thiazole rings is 1. The van der Waals surface area contributed by atoms with Gasteiger partial charge in [-0.1, -0.05) is 117 Å². The fraction of sp³-hybridized carbons (Fsp3) is 0.0600. The minimum absolute atomic E-state index is 0.108. The van der Waals surface area contributed by atoms with Gasteiger partial charge in [0.1, 0.15) is 0 Å². The van der Waals surface area contributed by atoms with Crippen LogP contribution in [0.15, 0.2) is 163 Å². The Bertz CT molecular complexity index is 3300. The molecule has 4 heteroatoms. The molecule has 0 fully saturated rings. The third-order valence-corrected chi connectivity index (χ3v) is 12.9. The Morgan fingerprint density at radius 3 is 2.13 bits per heavy atom. The van der Waals surface area contributed by atoms with E-state index in [9.17, 15) is 0 Å². The van der Waals surface area contributed by atoms with Gasteiger partial charge in [-0.2, -0.15) is 0 Å². The van der Waals surface area contributed by atoms with Crippen molar-refractivity contribution in [2.75, 3.05) is 4.90 Å². The van der Waals surface area contributed by atoms with Crippen molar-refractivity contribution in [3.05, 3.63) is 174 Å². The van der Waals surface area contributed by atoms with Crippen molar-refractivity contribution in [1.82, 2.24) is 9.38 Å². The van der Waals surface area contributed by atoms with Gasteiger partial charge >= 0.3 is 0 Å². The average Bonchev–Trinajstić information content (AvgIpc) is 3.96. The second-order valence-corrected chi connectivity index (χ2v) is 16.1. The normalized spacial score (nSPS) is 13.5. The van der Waals surface area contributed by atoms with Gasteiger partial charge in [0.2, 0.25) is 0 Å². The van der Waals surface area contributed by atoms with E-state index < -0.39 is 0 Å². The van der Waals surface area contributed by atoms with Crippen LogP contribution >= 0.6 is 11.3 Å². The van der Waals surface area contributed by atoms with Crippen molar-refractivity contribution < 1.29 is 0 Å². The van der Waals surface area contributed by atoms with Gasteiger partial charge in [-0.15, -0.1) is 11.3 Å². The number of benzene rings is 8. The number of hydrogen-bond donors (Lipinski definition) is 0. The topological polar surface area (TPSA) is 20.5 Å². The molecule has 0 atom stereocenters. The number of nitrogens with zero attached hydrogens (tertiary/aromatic N) is 3. The first-order chi connectivity index (χ1) is 26.5. The molecular formula is C50H33N3S. The van der Waals surface area contributed by atoms with E-state index in [1.54, 1.807) is 11.3 Å². The molecule has 8 aromatic carbocycles. The Morgan fingerprint density at radius 2 is 1.22 bits per heavy atom. The van der Waals surface area contributed by atoms with E-state index in [2.05, 4.69) is 181 Å². The zero-order valence-corrected chi connectivity index (χ0v) is 30.7. The summed E-state index contributed by atoms with van der Waals surface area (Å²) >= 11 is 1.73. The van der Waals surface area contributed by atoms with Crippen LogP contribution in [-0.2, 0) is 5.41 Å². The molecule has 11 aromatic rings. The number of rotatable bonds is 4. The van der Waals surface area contributed by atoms with E-state index in [0.29, 0.717) is 0 Å². The standard InChI is InChI=1S/C50H33N3S/c1-50(2)42-16-7-5-13-37(42)38-24-22-34(27-43(38)50)52(32-20-18-31(19-21-32)36-15-9-11-30-10-3-4-12-35(30)36)33-23-25-46-40(26-33)41-28-44-49(54-29-51-44)47-39-14-6-8-17-45(39)53(46)48(41)47/h3-29H,1-2H3. The second kappa shape index (κ2) is 10.8. The summed E-state index contributed by atoms with van der Waals surface area (Å²) in [5.41, 5.74) is 17.9. The van der Waals surface area contributed by atoms with E-state index in [0.717, 1.165) is 22.6 Å².